The van der Waals surface area contributed by atoms with Gasteiger partial charge >= 0.3 is 12.2 Å². The smallest absolute Gasteiger partial charge is 0.411 e. The minimum Gasteiger partial charge on any atom is -0.506 e. The van der Waals surface area contributed by atoms with E-state index >= 15 is 0 Å². The Kier molecular flexibility index (Phi) is 8.46. The average Bonchev–Trinajstić information content (AvgIpc) is 2.58. The van der Waals surface area contributed by atoms with Crippen LogP contribution in [0.15, 0.2) is 18.2 Å². The van der Waals surface area contributed by atoms with Crippen molar-refractivity contribution in [3.8, 4) is 5.75 Å². The molecule has 0 aliphatic rings. The highest BCUT2D eigenvalue weighted by Gasteiger charge is 2.12. The van der Waals surface area contributed by atoms with Crippen LogP contribution in [-0.4, -0.2) is 31.0 Å². The second kappa shape index (κ2) is 10.4. The lowest BCUT2D eigenvalue weighted by Crippen LogP contribution is -2.19. The number of unbranched alkanes of at least 4 members (excludes halogenated alkanes) is 1. The number of hydrogen-bond donors (Lipinski definition) is 3. The van der Waals surface area contributed by atoms with Gasteiger partial charge in [-0.15, -0.1) is 0 Å². The van der Waals surface area contributed by atoms with Crippen LogP contribution in [0.2, 0.25) is 0 Å². The molecule has 0 fully saturated rings. The number of carbonyl (C=O) groups excluding carboxylic acids is 2. The summed E-state index contributed by atoms with van der Waals surface area (Å²) in [6.07, 6.45) is 2.94. The predicted molar refractivity (Wildman–Crippen MR) is 92.4 cm³/mol. The molecule has 7 heteroatoms. The third-order valence-electron chi connectivity index (χ3n) is 3.66. The zero-order valence-corrected chi connectivity index (χ0v) is 14.4. The van der Waals surface area contributed by atoms with E-state index in [-0.39, 0.29) is 11.4 Å². The minimum atomic E-state index is -0.716. The number of hydrogen-bond acceptors (Lipinski definition) is 5. The number of methoxy groups -OCH3 is 1. The van der Waals surface area contributed by atoms with Crippen LogP contribution in [0, 0.1) is 5.92 Å². The molecule has 24 heavy (non-hydrogen) atoms. The molecule has 0 saturated heterocycles. The molecule has 1 atom stereocenters. The first-order valence-electron chi connectivity index (χ1n) is 8.11. The molecule has 0 radical (unpaired) electrons. The summed E-state index contributed by atoms with van der Waals surface area (Å²) < 4.78 is 9.71. The number of anilines is 2. The molecule has 0 aliphatic heterocycles. The van der Waals surface area contributed by atoms with Crippen LogP contribution < -0.4 is 10.6 Å². The molecule has 0 heterocycles. The van der Waals surface area contributed by atoms with Crippen LogP contribution in [0.25, 0.3) is 0 Å². The van der Waals surface area contributed by atoms with Gasteiger partial charge in [0, 0.05) is 5.69 Å². The van der Waals surface area contributed by atoms with Crippen molar-refractivity contribution < 1.29 is 24.2 Å². The molecular formula is C17H26N2O5. The van der Waals surface area contributed by atoms with Crippen molar-refractivity contribution in [3.05, 3.63) is 18.2 Å². The van der Waals surface area contributed by atoms with E-state index in [9.17, 15) is 14.7 Å². The Morgan fingerprint density at radius 3 is 2.58 bits per heavy atom. The number of ether oxygens (including phenoxy) is 2. The maximum Gasteiger partial charge on any atom is 0.411 e. The van der Waals surface area contributed by atoms with Crippen molar-refractivity contribution in [1.29, 1.82) is 0 Å². The molecule has 1 rings (SSSR count). The predicted octanol–water partition coefficient (Wildman–Crippen LogP) is 4.34. The van der Waals surface area contributed by atoms with Crippen molar-refractivity contribution in [2.75, 3.05) is 24.4 Å². The van der Waals surface area contributed by atoms with Gasteiger partial charge in [-0.25, -0.2) is 9.59 Å². The molecule has 0 bridgehead atoms. The summed E-state index contributed by atoms with van der Waals surface area (Å²) in [5.74, 6) is 0.219. The first kappa shape index (κ1) is 19.6. The Balaban J connectivity index is 2.57. The van der Waals surface area contributed by atoms with Crippen molar-refractivity contribution in [1.82, 2.24) is 0 Å². The summed E-state index contributed by atoms with van der Waals surface area (Å²) in [6.45, 7) is 4.57. The topological polar surface area (TPSA) is 96.9 Å². The molecule has 1 aromatic rings. The highest BCUT2D eigenvalue weighted by molar-refractivity contribution is 5.90. The number of amides is 2. The number of rotatable bonds is 8. The van der Waals surface area contributed by atoms with E-state index in [0.717, 1.165) is 25.7 Å². The molecule has 0 spiro atoms. The first-order valence-corrected chi connectivity index (χ1v) is 8.11. The highest BCUT2D eigenvalue weighted by atomic mass is 16.5. The van der Waals surface area contributed by atoms with Gasteiger partial charge in [0.25, 0.3) is 0 Å². The monoisotopic (exact) mass is 338 g/mol. The third kappa shape index (κ3) is 6.76. The molecule has 0 aliphatic carbocycles. The van der Waals surface area contributed by atoms with Gasteiger partial charge in [0.05, 0.1) is 19.4 Å². The van der Waals surface area contributed by atoms with Crippen molar-refractivity contribution in [2.24, 2.45) is 5.92 Å². The number of phenols is 1. The van der Waals surface area contributed by atoms with E-state index in [0.29, 0.717) is 18.2 Å². The lowest BCUT2D eigenvalue weighted by molar-refractivity contribution is 0.136. The normalized spacial score (nSPS) is 11.5. The molecular weight excluding hydrogens is 312 g/mol. The van der Waals surface area contributed by atoms with Gasteiger partial charge < -0.3 is 14.6 Å². The zero-order chi connectivity index (χ0) is 17.9. The standard InChI is InChI=1S/C17H26N2O5/c1-4-6-7-12(5-2)11-24-17(22)18-13-8-9-15(20)14(10-13)19-16(21)23-3/h8-10,12,20H,4-7,11H2,1-3H3,(H,18,22)(H,19,21). The van der Waals surface area contributed by atoms with Crippen molar-refractivity contribution >= 4 is 23.6 Å². The fourth-order valence-corrected chi connectivity index (χ4v) is 2.12. The maximum absolute atomic E-state index is 11.9. The van der Waals surface area contributed by atoms with Crippen LogP contribution in [0.5, 0.6) is 5.75 Å². The average molecular weight is 338 g/mol. The maximum atomic E-state index is 11.9. The second-order valence-corrected chi connectivity index (χ2v) is 5.49. The number of carbonyl (C=O) groups is 2. The van der Waals surface area contributed by atoms with Gasteiger partial charge in [-0.3, -0.25) is 10.6 Å². The number of benzene rings is 1. The Bertz CT molecular complexity index is 548. The van der Waals surface area contributed by atoms with E-state index in [1.807, 2.05) is 0 Å². The Labute approximate surface area is 142 Å². The molecule has 1 unspecified atom stereocenters. The van der Waals surface area contributed by atoms with Gasteiger partial charge in [0.2, 0.25) is 0 Å². The quantitative estimate of drug-likeness (QED) is 0.484. The second-order valence-electron chi connectivity index (χ2n) is 5.49. The summed E-state index contributed by atoms with van der Waals surface area (Å²) in [6, 6.07) is 4.28. The van der Waals surface area contributed by atoms with E-state index in [1.165, 1.54) is 25.3 Å². The highest BCUT2D eigenvalue weighted by Crippen LogP contribution is 2.27. The molecule has 0 aromatic heterocycles. The van der Waals surface area contributed by atoms with Crippen LogP contribution in [-0.2, 0) is 9.47 Å². The summed E-state index contributed by atoms with van der Waals surface area (Å²) >= 11 is 0. The van der Waals surface area contributed by atoms with Crippen LogP contribution >= 0.6 is 0 Å². The number of phenolic OH excluding ortho intramolecular Hbond substituents is 1. The van der Waals surface area contributed by atoms with Crippen molar-refractivity contribution in [2.45, 2.75) is 39.5 Å². The van der Waals surface area contributed by atoms with E-state index in [2.05, 4.69) is 29.2 Å². The van der Waals surface area contributed by atoms with E-state index in [1.54, 1.807) is 0 Å². The fourth-order valence-electron chi connectivity index (χ4n) is 2.12. The largest absolute Gasteiger partial charge is 0.506 e. The zero-order valence-electron chi connectivity index (χ0n) is 14.4. The Hall–Kier alpha value is -2.44. The van der Waals surface area contributed by atoms with Crippen molar-refractivity contribution in [3.63, 3.8) is 0 Å². The summed E-state index contributed by atoms with van der Waals surface area (Å²) in [5, 5.41) is 14.6. The molecule has 0 saturated carbocycles. The number of nitrogens with one attached hydrogen (secondary N) is 2. The molecule has 1 aromatic carbocycles. The van der Waals surface area contributed by atoms with Gasteiger partial charge in [-0.1, -0.05) is 33.1 Å². The van der Waals surface area contributed by atoms with Gasteiger partial charge in [-0.05, 0) is 30.5 Å². The van der Waals surface area contributed by atoms with Gasteiger partial charge in [-0.2, -0.15) is 0 Å². The lowest BCUT2D eigenvalue weighted by Gasteiger charge is -2.15. The minimum absolute atomic E-state index is 0.133. The van der Waals surface area contributed by atoms with Crippen LogP contribution in [0.1, 0.15) is 39.5 Å². The van der Waals surface area contributed by atoms with Gasteiger partial charge in [0.1, 0.15) is 5.75 Å². The summed E-state index contributed by atoms with van der Waals surface area (Å²) in [5.41, 5.74) is 0.528. The molecule has 7 nitrogen and oxygen atoms in total. The Morgan fingerprint density at radius 2 is 1.96 bits per heavy atom. The molecule has 2 amide bonds. The molecule has 3 N–H and O–H groups in total. The summed E-state index contributed by atoms with van der Waals surface area (Å²) in [7, 11) is 1.22. The Morgan fingerprint density at radius 1 is 1.21 bits per heavy atom. The van der Waals surface area contributed by atoms with E-state index < -0.39 is 12.2 Å². The van der Waals surface area contributed by atoms with Crippen LogP contribution in [0.4, 0.5) is 21.0 Å². The molecule has 134 valence electrons. The fraction of sp³-hybridized carbons (Fsp3) is 0.529. The first-order chi connectivity index (χ1) is 11.5. The van der Waals surface area contributed by atoms with Gasteiger partial charge in [0.15, 0.2) is 0 Å². The third-order valence-corrected chi connectivity index (χ3v) is 3.66. The van der Waals surface area contributed by atoms with E-state index in [4.69, 9.17) is 4.74 Å². The SMILES string of the molecule is CCCCC(CC)COC(=O)Nc1ccc(O)c(NC(=O)OC)c1. The summed E-state index contributed by atoms with van der Waals surface area (Å²) in [4.78, 5) is 23.1. The van der Waals surface area contributed by atoms with Crippen LogP contribution in [0.3, 0.4) is 0 Å². The number of aromatic hydroxyl groups is 1. The lowest BCUT2D eigenvalue weighted by atomic mass is 10.0.